The predicted molar refractivity (Wildman–Crippen MR) is 82.8 cm³/mol. The highest BCUT2D eigenvalue weighted by atomic mass is 16.5. The lowest BCUT2D eigenvalue weighted by molar-refractivity contribution is 0.0526. The molecule has 0 radical (unpaired) electrons. The first kappa shape index (κ1) is 15.9. The molecule has 0 saturated carbocycles. The van der Waals surface area contributed by atoms with Crippen LogP contribution in [0.15, 0.2) is 54.6 Å². The molecule has 0 fully saturated rings. The van der Waals surface area contributed by atoms with E-state index < -0.39 is 5.97 Å². The minimum absolute atomic E-state index is 0.0266. The van der Waals surface area contributed by atoms with E-state index in [1.807, 2.05) is 30.3 Å². The largest absolute Gasteiger partial charge is 0.462 e. The molecule has 0 aliphatic carbocycles. The van der Waals surface area contributed by atoms with Gasteiger partial charge in [0.2, 0.25) is 0 Å². The summed E-state index contributed by atoms with van der Waals surface area (Å²) in [6.45, 7) is 2.40. The van der Waals surface area contributed by atoms with Crippen LogP contribution in [0.5, 0.6) is 0 Å². The van der Waals surface area contributed by atoms with Crippen molar-refractivity contribution in [3.05, 3.63) is 71.3 Å². The summed E-state index contributed by atoms with van der Waals surface area (Å²) in [6, 6.07) is 16.1. The van der Waals surface area contributed by atoms with Crippen LogP contribution in [0.1, 0.15) is 33.2 Å². The predicted octanol–water partition coefficient (Wildman–Crippen LogP) is 3.26. The Labute approximate surface area is 129 Å². The first-order chi connectivity index (χ1) is 10.7. The number of benzene rings is 2. The summed E-state index contributed by atoms with van der Waals surface area (Å²) in [6.07, 6.45) is 0. The van der Waals surface area contributed by atoms with Gasteiger partial charge in [-0.05, 0) is 24.6 Å². The van der Waals surface area contributed by atoms with Gasteiger partial charge in [0.1, 0.15) is 6.61 Å². The number of Topliss-reactive ketones (excluding diaryl/α,β-unsaturated/α-hetero) is 1. The fourth-order valence-electron chi connectivity index (χ4n) is 1.95. The third kappa shape index (κ3) is 4.53. The number of ether oxygens (including phenoxy) is 2. The Bertz CT molecular complexity index is 635. The summed E-state index contributed by atoms with van der Waals surface area (Å²) in [5.41, 5.74) is 1.82. The van der Waals surface area contributed by atoms with Crippen LogP contribution < -0.4 is 0 Å². The molecule has 2 aromatic rings. The minimum atomic E-state index is -0.428. The van der Waals surface area contributed by atoms with E-state index in [1.54, 1.807) is 25.1 Å². The van der Waals surface area contributed by atoms with E-state index in [4.69, 9.17) is 9.47 Å². The molecule has 22 heavy (non-hydrogen) atoms. The fourth-order valence-corrected chi connectivity index (χ4v) is 1.95. The Balaban J connectivity index is 1.92. The van der Waals surface area contributed by atoms with Crippen LogP contribution in [0, 0.1) is 0 Å². The molecule has 2 rings (SSSR count). The third-order valence-corrected chi connectivity index (χ3v) is 3.04. The summed E-state index contributed by atoms with van der Waals surface area (Å²) in [5, 5.41) is 0. The van der Waals surface area contributed by atoms with Gasteiger partial charge in [0.15, 0.2) is 5.78 Å². The van der Waals surface area contributed by atoms with Crippen molar-refractivity contribution in [1.29, 1.82) is 0 Å². The Morgan fingerprint density at radius 3 is 2.41 bits per heavy atom. The molecule has 0 heterocycles. The van der Waals surface area contributed by atoms with E-state index in [0.717, 1.165) is 5.56 Å². The topological polar surface area (TPSA) is 52.6 Å². The molecule has 114 valence electrons. The zero-order valence-corrected chi connectivity index (χ0v) is 12.5. The molecule has 4 heteroatoms. The second kappa shape index (κ2) is 8.10. The molecule has 0 saturated heterocycles. The zero-order valence-electron chi connectivity index (χ0n) is 12.5. The highest BCUT2D eigenvalue weighted by Crippen LogP contribution is 2.09. The van der Waals surface area contributed by atoms with Crippen LogP contribution in [0.4, 0.5) is 0 Å². The number of carbonyl (C=O) groups excluding carboxylic acids is 2. The van der Waals surface area contributed by atoms with Gasteiger partial charge in [0.25, 0.3) is 0 Å². The molecule has 2 aromatic carbocycles. The SMILES string of the molecule is CCOC(=O)c1cccc(C(=O)COCc2ccccc2)c1. The van der Waals surface area contributed by atoms with Gasteiger partial charge in [-0.1, -0.05) is 42.5 Å². The van der Waals surface area contributed by atoms with Crippen molar-refractivity contribution in [3.8, 4) is 0 Å². The van der Waals surface area contributed by atoms with E-state index in [-0.39, 0.29) is 12.4 Å². The number of hydrogen-bond donors (Lipinski definition) is 0. The number of hydrogen-bond acceptors (Lipinski definition) is 4. The Morgan fingerprint density at radius 1 is 0.955 bits per heavy atom. The van der Waals surface area contributed by atoms with E-state index in [2.05, 4.69) is 0 Å². The summed E-state index contributed by atoms with van der Waals surface area (Å²) >= 11 is 0. The molecule has 0 bridgehead atoms. The molecule has 0 spiro atoms. The highest BCUT2D eigenvalue weighted by Gasteiger charge is 2.11. The van der Waals surface area contributed by atoms with E-state index in [9.17, 15) is 9.59 Å². The second-order valence-electron chi connectivity index (χ2n) is 4.70. The fraction of sp³-hybridized carbons (Fsp3) is 0.222. The van der Waals surface area contributed by atoms with E-state index in [1.165, 1.54) is 6.07 Å². The standard InChI is InChI=1S/C18H18O4/c1-2-22-18(20)16-10-6-9-15(11-16)17(19)13-21-12-14-7-4-3-5-8-14/h3-11H,2,12-13H2,1H3. The molecule has 0 aliphatic rings. The van der Waals surface area contributed by atoms with Crippen LogP contribution in [0.2, 0.25) is 0 Å². The van der Waals surface area contributed by atoms with Gasteiger partial charge < -0.3 is 9.47 Å². The Kier molecular flexibility index (Phi) is 5.86. The lowest BCUT2D eigenvalue weighted by Crippen LogP contribution is -2.11. The summed E-state index contributed by atoms with van der Waals surface area (Å²) in [7, 11) is 0. The first-order valence-corrected chi connectivity index (χ1v) is 7.12. The summed E-state index contributed by atoms with van der Waals surface area (Å²) in [4.78, 5) is 23.7. The van der Waals surface area contributed by atoms with Gasteiger partial charge in [-0.2, -0.15) is 0 Å². The monoisotopic (exact) mass is 298 g/mol. The molecule has 0 amide bonds. The van der Waals surface area contributed by atoms with Gasteiger partial charge >= 0.3 is 5.97 Å². The first-order valence-electron chi connectivity index (χ1n) is 7.12. The summed E-state index contributed by atoms with van der Waals surface area (Å²) in [5.74, 6) is -0.593. The van der Waals surface area contributed by atoms with Crippen molar-refractivity contribution in [2.24, 2.45) is 0 Å². The number of rotatable bonds is 7. The smallest absolute Gasteiger partial charge is 0.338 e. The van der Waals surface area contributed by atoms with Crippen molar-refractivity contribution in [2.45, 2.75) is 13.5 Å². The molecular weight excluding hydrogens is 280 g/mol. The summed E-state index contributed by atoms with van der Waals surface area (Å²) < 4.78 is 10.3. The van der Waals surface area contributed by atoms with Crippen LogP contribution in [-0.4, -0.2) is 25.0 Å². The van der Waals surface area contributed by atoms with Crippen molar-refractivity contribution in [2.75, 3.05) is 13.2 Å². The number of ketones is 1. The molecular formula is C18H18O4. The van der Waals surface area contributed by atoms with Crippen LogP contribution in [-0.2, 0) is 16.1 Å². The van der Waals surface area contributed by atoms with Gasteiger partial charge in [-0.25, -0.2) is 4.79 Å². The van der Waals surface area contributed by atoms with Gasteiger partial charge in [-0.3, -0.25) is 4.79 Å². The molecule has 0 atom stereocenters. The van der Waals surface area contributed by atoms with Crippen molar-refractivity contribution in [1.82, 2.24) is 0 Å². The molecule has 0 N–H and O–H groups in total. The van der Waals surface area contributed by atoms with Gasteiger partial charge in [0, 0.05) is 5.56 Å². The van der Waals surface area contributed by atoms with Crippen molar-refractivity contribution < 1.29 is 19.1 Å². The average Bonchev–Trinajstić information content (AvgIpc) is 2.56. The third-order valence-electron chi connectivity index (χ3n) is 3.04. The van der Waals surface area contributed by atoms with Gasteiger partial charge in [-0.15, -0.1) is 0 Å². The normalized spacial score (nSPS) is 10.2. The van der Waals surface area contributed by atoms with Crippen LogP contribution >= 0.6 is 0 Å². The van der Waals surface area contributed by atoms with E-state index in [0.29, 0.717) is 24.3 Å². The van der Waals surface area contributed by atoms with Gasteiger partial charge in [0.05, 0.1) is 18.8 Å². The molecule has 0 aliphatic heterocycles. The maximum Gasteiger partial charge on any atom is 0.338 e. The highest BCUT2D eigenvalue weighted by molar-refractivity contribution is 5.99. The maximum atomic E-state index is 12.1. The second-order valence-corrected chi connectivity index (χ2v) is 4.70. The van der Waals surface area contributed by atoms with Crippen LogP contribution in [0.3, 0.4) is 0 Å². The molecule has 0 unspecified atom stereocenters. The van der Waals surface area contributed by atoms with Crippen molar-refractivity contribution in [3.63, 3.8) is 0 Å². The Hall–Kier alpha value is -2.46. The average molecular weight is 298 g/mol. The lowest BCUT2D eigenvalue weighted by atomic mass is 10.1. The molecule has 4 nitrogen and oxygen atoms in total. The minimum Gasteiger partial charge on any atom is -0.462 e. The molecule has 0 aromatic heterocycles. The quantitative estimate of drug-likeness (QED) is 0.581. The number of carbonyl (C=O) groups is 2. The van der Waals surface area contributed by atoms with Crippen molar-refractivity contribution >= 4 is 11.8 Å². The maximum absolute atomic E-state index is 12.1. The Morgan fingerprint density at radius 2 is 1.68 bits per heavy atom. The lowest BCUT2D eigenvalue weighted by Gasteiger charge is -2.06. The number of esters is 1. The zero-order chi connectivity index (χ0) is 15.8. The van der Waals surface area contributed by atoms with Crippen LogP contribution in [0.25, 0.3) is 0 Å². The van der Waals surface area contributed by atoms with E-state index >= 15 is 0 Å².